The van der Waals surface area contributed by atoms with Crippen LogP contribution >= 0.6 is 0 Å². The van der Waals surface area contributed by atoms with Crippen molar-refractivity contribution in [2.24, 2.45) is 0 Å². The second kappa shape index (κ2) is 9.16. The SMILES string of the molecule is COC(=O)C(Cc1ccc(OC)c(OC)c1)N/C(=C\C(=O)O)C(=O)O. The van der Waals surface area contributed by atoms with Crippen LogP contribution in [0.1, 0.15) is 5.56 Å². The molecule has 0 aliphatic rings. The molecular weight excluding hydrogens is 334 g/mol. The van der Waals surface area contributed by atoms with Crippen LogP contribution in [0.3, 0.4) is 0 Å². The Morgan fingerprint density at radius 1 is 1.12 bits per heavy atom. The maximum absolute atomic E-state index is 11.9. The van der Waals surface area contributed by atoms with Crippen LogP contribution in [-0.4, -0.2) is 55.5 Å². The summed E-state index contributed by atoms with van der Waals surface area (Å²) in [6.07, 6.45) is 0.504. The van der Waals surface area contributed by atoms with E-state index in [0.29, 0.717) is 23.1 Å². The topological polar surface area (TPSA) is 131 Å². The van der Waals surface area contributed by atoms with Crippen LogP contribution in [0, 0.1) is 0 Å². The van der Waals surface area contributed by atoms with Crippen molar-refractivity contribution in [1.29, 1.82) is 0 Å². The molecule has 25 heavy (non-hydrogen) atoms. The van der Waals surface area contributed by atoms with Gasteiger partial charge >= 0.3 is 17.9 Å². The van der Waals surface area contributed by atoms with Gasteiger partial charge in [-0.2, -0.15) is 0 Å². The van der Waals surface area contributed by atoms with E-state index in [9.17, 15) is 14.4 Å². The second-order valence-corrected chi connectivity index (χ2v) is 4.81. The molecule has 0 aliphatic carbocycles. The summed E-state index contributed by atoms with van der Waals surface area (Å²) >= 11 is 0. The van der Waals surface area contributed by atoms with Crippen molar-refractivity contribution in [1.82, 2.24) is 5.32 Å². The molecule has 136 valence electrons. The maximum atomic E-state index is 11.9. The predicted octanol–water partition coefficient (Wildman–Crippen LogP) is 0.431. The molecule has 0 spiro atoms. The molecule has 0 aromatic heterocycles. The van der Waals surface area contributed by atoms with E-state index in [1.807, 2.05) is 0 Å². The summed E-state index contributed by atoms with van der Waals surface area (Å²) in [4.78, 5) is 33.8. The Morgan fingerprint density at radius 2 is 1.76 bits per heavy atom. The zero-order valence-electron chi connectivity index (χ0n) is 13.9. The monoisotopic (exact) mass is 353 g/mol. The number of carbonyl (C=O) groups excluding carboxylic acids is 1. The van der Waals surface area contributed by atoms with Gasteiger partial charge in [-0.15, -0.1) is 0 Å². The van der Waals surface area contributed by atoms with E-state index in [1.165, 1.54) is 14.2 Å². The van der Waals surface area contributed by atoms with Crippen LogP contribution in [-0.2, 0) is 25.5 Å². The van der Waals surface area contributed by atoms with E-state index in [4.69, 9.17) is 19.7 Å². The minimum Gasteiger partial charge on any atom is -0.493 e. The lowest BCUT2D eigenvalue weighted by molar-refractivity contribution is -0.143. The lowest BCUT2D eigenvalue weighted by atomic mass is 10.0. The highest BCUT2D eigenvalue weighted by atomic mass is 16.5. The van der Waals surface area contributed by atoms with E-state index >= 15 is 0 Å². The Labute approximate surface area is 143 Å². The molecular formula is C16H19NO8. The van der Waals surface area contributed by atoms with Crippen LogP contribution in [0.5, 0.6) is 11.5 Å². The molecule has 0 fully saturated rings. The van der Waals surface area contributed by atoms with Crippen molar-refractivity contribution >= 4 is 17.9 Å². The van der Waals surface area contributed by atoms with E-state index in [2.05, 4.69) is 10.1 Å². The molecule has 0 aliphatic heterocycles. The molecule has 1 rings (SSSR count). The molecule has 0 saturated heterocycles. The number of ether oxygens (including phenoxy) is 3. The van der Waals surface area contributed by atoms with Gasteiger partial charge in [-0.1, -0.05) is 6.07 Å². The summed E-state index contributed by atoms with van der Waals surface area (Å²) in [5.41, 5.74) is -0.0102. The van der Waals surface area contributed by atoms with Gasteiger partial charge < -0.3 is 29.7 Å². The van der Waals surface area contributed by atoms with Crippen LogP contribution in [0.4, 0.5) is 0 Å². The number of carboxylic acid groups (broad SMARTS) is 2. The molecule has 1 atom stereocenters. The van der Waals surface area contributed by atoms with Gasteiger partial charge in [-0.3, -0.25) is 0 Å². The number of methoxy groups -OCH3 is 3. The summed E-state index contributed by atoms with van der Waals surface area (Å²) in [6, 6.07) is 3.82. The number of hydrogen-bond acceptors (Lipinski definition) is 7. The van der Waals surface area contributed by atoms with Crippen molar-refractivity contribution in [3.05, 3.63) is 35.5 Å². The zero-order valence-corrected chi connectivity index (χ0v) is 13.9. The van der Waals surface area contributed by atoms with Gasteiger partial charge in [-0.25, -0.2) is 14.4 Å². The van der Waals surface area contributed by atoms with Crippen molar-refractivity contribution in [2.75, 3.05) is 21.3 Å². The van der Waals surface area contributed by atoms with Crippen molar-refractivity contribution in [3.63, 3.8) is 0 Å². The van der Waals surface area contributed by atoms with Gasteiger partial charge in [0.05, 0.1) is 27.4 Å². The minimum atomic E-state index is -1.51. The zero-order chi connectivity index (χ0) is 19.0. The van der Waals surface area contributed by atoms with Crippen LogP contribution in [0.2, 0.25) is 0 Å². The Morgan fingerprint density at radius 3 is 2.24 bits per heavy atom. The van der Waals surface area contributed by atoms with Gasteiger partial charge in [0.1, 0.15) is 11.7 Å². The fourth-order valence-corrected chi connectivity index (χ4v) is 2.06. The highest BCUT2D eigenvalue weighted by molar-refractivity contribution is 5.94. The molecule has 3 N–H and O–H groups in total. The fourth-order valence-electron chi connectivity index (χ4n) is 2.06. The largest absolute Gasteiger partial charge is 0.493 e. The van der Waals surface area contributed by atoms with Gasteiger partial charge in [0.25, 0.3) is 0 Å². The smallest absolute Gasteiger partial charge is 0.352 e. The molecule has 0 heterocycles. The molecule has 0 radical (unpaired) electrons. The summed E-state index contributed by atoms with van der Waals surface area (Å²) in [7, 11) is 4.08. The van der Waals surface area contributed by atoms with Gasteiger partial charge in [-0.05, 0) is 17.7 Å². The van der Waals surface area contributed by atoms with E-state index < -0.39 is 29.6 Å². The average molecular weight is 353 g/mol. The first-order valence-corrected chi connectivity index (χ1v) is 7.05. The Kier molecular flexibility index (Phi) is 7.26. The lowest BCUT2D eigenvalue weighted by Gasteiger charge is -2.18. The molecule has 0 bridgehead atoms. The van der Waals surface area contributed by atoms with Crippen molar-refractivity contribution < 1.29 is 38.8 Å². The third-order valence-electron chi connectivity index (χ3n) is 3.20. The number of esters is 1. The maximum Gasteiger partial charge on any atom is 0.352 e. The highest BCUT2D eigenvalue weighted by Crippen LogP contribution is 2.28. The van der Waals surface area contributed by atoms with Gasteiger partial charge in [0.15, 0.2) is 11.5 Å². The number of aliphatic carboxylic acids is 2. The highest BCUT2D eigenvalue weighted by Gasteiger charge is 2.24. The fraction of sp³-hybridized carbons (Fsp3) is 0.312. The third-order valence-corrected chi connectivity index (χ3v) is 3.20. The molecule has 0 saturated carbocycles. The van der Waals surface area contributed by atoms with E-state index in [0.717, 1.165) is 7.11 Å². The number of nitrogens with one attached hydrogen (secondary N) is 1. The molecule has 0 amide bonds. The molecule has 9 heteroatoms. The van der Waals surface area contributed by atoms with Crippen molar-refractivity contribution in [2.45, 2.75) is 12.5 Å². The third kappa shape index (κ3) is 5.72. The number of carboxylic acids is 2. The summed E-state index contributed by atoms with van der Waals surface area (Å²) in [5, 5.41) is 20.2. The minimum absolute atomic E-state index is 0.0390. The first kappa shape index (κ1) is 19.8. The second-order valence-electron chi connectivity index (χ2n) is 4.81. The lowest BCUT2D eigenvalue weighted by Crippen LogP contribution is -2.41. The number of carbonyl (C=O) groups is 3. The van der Waals surface area contributed by atoms with Gasteiger partial charge in [0.2, 0.25) is 0 Å². The predicted molar refractivity (Wildman–Crippen MR) is 85.5 cm³/mol. The normalized spacial score (nSPS) is 12.0. The number of rotatable bonds is 9. The Balaban J connectivity index is 3.10. The summed E-state index contributed by atoms with van der Waals surface area (Å²) in [5.74, 6) is -2.79. The Hall–Kier alpha value is -3.23. The van der Waals surface area contributed by atoms with Crippen molar-refractivity contribution in [3.8, 4) is 11.5 Å². The Bertz CT molecular complexity index is 683. The van der Waals surface area contributed by atoms with E-state index in [-0.39, 0.29) is 6.42 Å². The quantitative estimate of drug-likeness (QED) is 0.427. The molecule has 1 aromatic carbocycles. The molecule has 1 aromatic rings. The van der Waals surface area contributed by atoms with Gasteiger partial charge in [0, 0.05) is 6.42 Å². The van der Waals surface area contributed by atoms with Crippen LogP contribution in [0.25, 0.3) is 0 Å². The first-order valence-electron chi connectivity index (χ1n) is 7.05. The number of hydrogen-bond donors (Lipinski definition) is 3. The van der Waals surface area contributed by atoms with Crippen LogP contribution in [0.15, 0.2) is 30.0 Å². The first-order chi connectivity index (χ1) is 11.8. The number of benzene rings is 1. The summed E-state index contributed by atoms with van der Waals surface area (Å²) in [6.45, 7) is 0. The summed E-state index contributed by atoms with van der Waals surface area (Å²) < 4.78 is 14.9. The van der Waals surface area contributed by atoms with E-state index in [1.54, 1.807) is 18.2 Å². The standard InChI is InChI=1S/C16H19NO8/c1-23-12-5-4-9(7-13(12)24-2)6-11(16(22)25-3)17-10(15(20)21)8-14(18)19/h4-5,7-8,11,17H,6H2,1-3H3,(H,18,19)(H,20,21)/b10-8-. The molecule has 1 unspecified atom stereocenters. The average Bonchev–Trinajstić information content (AvgIpc) is 2.58. The molecule has 9 nitrogen and oxygen atoms in total. The van der Waals surface area contributed by atoms with Crippen LogP contribution < -0.4 is 14.8 Å².